The van der Waals surface area contributed by atoms with E-state index in [0.717, 1.165) is 11.5 Å². The van der Waals surface area contributed by atoms with Crippen LogP contribution in [-0.4, -0.2) is 14.8 Å². The van der Waals surface area contributed by atoms with Crippen molar-refractivity contribution >= 4 is 0 Å². The topological polar surface area (TPSA) is 30.7 Å². The van der Waals surface area contributed by atoms with Crippen LogP contribution in [0.15, 0.2) is 30.5 Å². The van der Waals surface area contributed by atoms with Gasteiger partial charge in [-0.15, -0.1) is 6.07 Å². The molecule has 0 N–H and O–H groups in total. The molecule has 0 aliphatic rings. The van der Waals surface area contributed by atoms with Crippen LogP contribution in [0.1, 0.15) is 5.69 Å². The van der Waals surface area contributed by atoms with Crippen LogP contribution < -0.4 is 18.9 Å². The van der Waals surface area contributed by atoms with E-state index in [0.29, 0.717) is 0 Å². The van der Waals surface area contributed by atoms with Gasteiger partial charge in [-0.1, -0.05) is 25.3 Å². The third kappa shape index (κ3) is 2.21. The Morgan fingerprint density at radius 3 is 2.77 bits per heavy atom. The maximum atomic E-state index is 4.18. The van der Waals surface area contributed by atoms with E-state index in [2.05, 4.69) is 16.3 Å². The first-order chi connectivity index (χ1) is 5.86. The van der Waals surface area contributed by atoms with E-state index in [1.165, 1.54) is 0 Å². The van der Waals surface area contributed by atoms with Crippen molar-refractivity contribution in [2.45, 2.75) is 6.92 Å². The van der Waals surface area contributed by atoms with E-state index in [9.17, 15) is 0 Å². The third-order valence-electron chi connectivity index (χ3n) is 1.52. The van der Waals surface area contributed by atoms with Gasteiger partial charge in [0.25, 0.3) is 0 Å². The Morgan fingerprint density at radius 2 is 2.23 bits per heavy atom. The molecule has 0 saturated heterocycles. The summed E-state index contributed by atoms with van der Waals surface area (Å²) in [4.78, 5) is 4.13. The number of nitrogens with zero attached hydrogens (tertiary/aromatic N) is 3. The maximum Gasteiger partial charge on any atom is 1.00 e. The van der Waals surface area contributed by atoms with Crippen molar-refractivity contribution in [3.05, 3.63) is 42.4 Å². The Labute approximate surface area is 89.0 Å². The van der Waals surface area contributed by atoms with Crippen molar-refractivity contribution in [1.29, 1.82) is 0 Å². The van der Waals surface area contributed by atoms with Gasteiger partial charge in [0, 0.05) is 6.20 Å². The van der Waals surface area contributed by atoms with Gasteiger partial charge in [0.1, 0.15) is 0 Å². The second kappa shape index (κ2) is 4.27. The van der Waals surface area contributed by atoms with Gasteiger partial charge in [-0.2, -0.15) is 0 Å². The Morgan fingerprint density at radius 1 is 1.38 bits per heavy atom. The van der Waals surface area contributed by atoms with Crippen LogP contribution in [0.5, 0.6) is 0 Å². The summed E-state index contributed by atoms with van der Waals surface area (Å²) in [6, 6.07) is 7.52. The van der Waals surface area contributed by atoms with Crippen LogP contribution in [0.25, 0.3) is 5.82 Å². The Hall–Kier alpha value is -1.04. The predicted molar refractivity (Wildman–Crippen MR) is 44.9 cm³/mol. The fourth-order valence-corrected chi connectivity index (χ4v) is 0.966. The summed E-state index contributed by atoms with van der Waals surface area (Å²) in [7, 11) is 0. The molecule has 2 rings (SSSR count). The Balaban J connectivity index is 0.000000845. The molecule has 0 saturated carbocycles. The molecule has 0 aromatic carbocycles. The number of aromatic nitrogens is 3. The molecule has 2 aromatic heterocycles. The average Bonchev–Trinajstić information content (AvgIpc) is 2.54. The molecule has 3 nitrogen and oxygen atoms in total. The molecule has 0 spiro atoms. The van der Waals surface area contributed by atoms with Gasteiger partial charge in [-0.3, -0.25) is 5.10 Å². The van der Waals surface area contributed by atoms with E-state index in [4.69, 9.17) is 0 Å². The van der Waals surface area contributed by atoms with Crippen LogP contribution >= 0.6 is 0 Å². The summed E-state index contributed by atoms with van der Waals surface area (Å²) in [5.74, 6) is 0.797. The van der Waals surface area contributed by atoms with Gasteiger partial charge in [-0.25, -0.2) is 0 Å². The molecule has 0 aliphatic heterocycles. The molecule has 0 amide bonds. The standard InChI is InChI=1S/C9H8N3.Li/c1-8-5-7-12(11-8)9-4-2-3-6-10-9;/h2-6H,1H3;/q-1;+1. The Kier molecular flexibility index (Phi) is 3.30. The average molecular weight is 165 g/mol. The molecule has 4 heteroatoms. The minimum atomic E-state index is 0. The number of rotatable bonds is 1. The monoisotopic (exact) mass is 165 g/mol. The molecule has 60 valence electrons. The van der Waals surface area contributed by atoms with Crippen molar-refractivity contribution < 1.29 is 18.9 Å². The van der Waals surface area contributed by atoms with Gasteiger partial charge in [0.2, 0.25) is 0 Å². The first kappa shape index (κ1) is 10.0. The zero-order valence-corrected chi connectivity index (χ0v) is 7.73. The van der Waals surface area contributed by atoms with E-state index in [-0.39, 0.29) is 18.9 Å². The molecular formula is C9H8LiN3. The number of hydrogen-bond donors (Lipinski definition) is 0. The van der Waals surface area contributed by atoms with Crippen LogP contribution in [-0.2, 0) is 0 Å². The predicted octanol–water partition coefficient (Wildman–Crippen LogP) is -1.62. The zero-order chi connectivity index (χ0) is 8.39. The summed E-state index contributed by atoms with van der Waals surface area (Å²) in [5, 5.41) is 4.18. The minimum absolute atomic E-state index is 0. The van der Waals surface area contributed by atoms with Crippen LogP contribution in [0.4, 0.5) is 0 Å². The van der Waals surface area contributed by atoms with Crippen molar-refractivity contribution in [2.24, 2.45) is 0 Å². The van der Waals surface area contributed by atoms with Crippen molar-refractivity contribution in [1.82, 2.24) is 14.8 Å². The van der Waals surface area contributed by atoms with Crippen molar-refractivity contribution in [3.8, 4) is 5.82 Å². The SMILES string of the molecule is Cc1c[c-]n(-c2ccccn2)n1.[Li+]. The normalized spacial score (nSPS) is 9.31. The Bertz CT molecular complexity index is 369. The quantitative estimate of drug-likeness (QED) is 0.375. The summed E-state index contributed by atoms with van der Waals surface area (Å²) in [6.45, 7) is 1.93. The molecule has 2 aromatic rings. The van der Waals surface area contributed by atoms with E-state index >= 15 is 0 Å². The number of hydrogen-bond acceptors (Lipinski definition) is 2. The number of pyridine rings is 1. The van der Waals surface area contributed by atoms with Gasteiger partial charge in [0.05, 0.1) is 5.82 Å². The summed E-state index contributed by atoms with van der Waals surface area (Å²) in [6.07, 6.45) is 4.70. The molecule has 0 radical (unpaired) electrons. The molecular weight excluding hydrogens is 157 g/mol. The number of aryl methyl sites for hydroxylation is 1. The maximum absolute atomic E-state index is 4.18. The van der Waals surface area contributed by atoms with E-state index in [1.54, 1.807) is 10.9 Å². The van der Waals surface area contributed by atoms with Crippen molar-refractivity contribution in [3.63, 3.8) is 0 Å². The fourth-order valence-electron chi connectivity index (χ4n) is 0.966. The van der Waals surface area contributed by atoms with Crippen LogP contribution in [0, 0.1) is 13.1 Å². The first-order valence-corrected chi connectivity index (χ1v) is 3.72. The zero-order valence-electron chi connectivity index (χ0n) is 7.73. The molecule has 0 bridgehead atoms. The minimum Gasteiger partial charge on any atom is -0.343 e. The second-order valence-corrected chi connectivity index (χ2v) is 2.51. The van der Waals surface area contributed by atoms with Gasteiger partial charge < -0.3 is 9.67 Å². The third-order valence-corrected chi connectivity index (χ3v) is 1.52. The molecule has 0 unspecified atom stereocenters. The van der Waals surface area contributed by atoms with Gasteiger partial charge in [0.15, 0.2) is 0 Å². The molecule has 2 heterocycles. The van der Waals surface area contributed by atoms with Crippen molar-refractivity contribution in [2.75, 3.05) is 0 Å². The van der Waals surface area contributed by atoms with Crippen LogP contribution in [0.2, 0.25) is 0 Å². The van der Waals surface area contributed by atoms with E-state index in [1.807, 2.05) is 31.2 Å². The van der Waals surface area contributed by atoms with Gasteiger partial charge in [-0.05, 0) is 11.8 Å². The molecule has 0 fully saturated rings. The molecule has 13 heavy (non-hydrogen) atoms. The smallest absolute Gasteiger partial charge is 0.343 e. The summed E-state index contributed by atoms with van der Waals surface area (Å²) < 4.78 is 1.63. The second-order valence-electron chi connectivity index (χ2n) is 2.51. The summed E-state index contributed by atoms with van der Waals surface area (Å²) >= 11 is 0. The van der Waals surface area contributed by atoms with E-state index < -0.39 is 0 Å². The molecule has 0 atom stereocenters. The van der Waals surface area contributed by atoms with Crippen LogP contribution in [0.3, 0.4) is 0 Å². The largest absolute Gasteiger partial charge is 1.00 e. The first-order valence-electron chi connectivity index (χ1n) is 3.72. The van der Waals surface area contributed by atoms with Gasteiger partial charge >= 0.3 is 18.9 Å². The fraction of sp³-hybridized carbons (Fsp3) is 0.111. The molecule has 0 aliphatic carbocycles. The summed E-state index contributed by atoms with van der Waals surface area (Å²) in [5.41, 5.74) is 0.945.